The lowest BCUT2D eigenvalue weighted by Crippen LogP contribution is -2.11. The van der Waals surface area contributed by atoms with Gasteiger partial charge in [-0.3, -0.25) is 0 Å². The lowest BCUT2D eigenvalue weighted by Gasteiger charge is -2.27. The summed E-state index contributed by atoms with van der Waals surface area (Å²) in [4.78, 5) is 2.35. The lowest BCUT2D eigenvalue weighted by atomic mass is 9.98. The van der Waals surface area contributed by atoms with Crippen molar-refractivity contribution in [3.05, 3.63) is 139 Å². The van der Waals surface area contributed by atoms with E-state index >= 15 is 0 Å². The van der Waals surface area contributed by atoms with E-state index in [1.165, 1.54) is 32.7 Å². The molecule has 6 aromatic carbocycles. The van der Waals surface area contributed by atoms with Crippen LogP contribution in [0.15, 0.2) is 138 Å². The minimum absolute atomic E-state index is 0.766. The monoisotopic (exact) mass is 514 g/mol. The van der Waals surface area contributed by atoms with E-state index in [1.54, 1.807) is 0 Å². The van der Waals surface area contributed by atoms with Gasteiger partial charge in [0.05, 0.1) is 11.4 Å². The zero-order chi connectivity index (χ0) is 26.5. The molecule has 0 amide bonds. The first kappa shape index (κ1) is 22.7. The Morgan fingerprint density at radius 2 is 1.27 bits per heavy atom. The van der Waals surface area contributed by atoms with E-state index in [0.29, 0.717) is 0 Å². The maximum Gasteiger partial charge on any atom is 0.201 e. The van der Waals surface area contributed by atoms with Gasteiger partial charge in [-0.1, -0.05) is 115 Å². The van der Waals surface area contributed by atoms with E-state index in [4.69, 9.17) is 4.42 Å². The van der Waals surface area contributed by atoms with Gasteiger partial charge in [0.2, 0.25) is 5.88 Å². The largest absolute Gasteiger partial charge is 0.438 e. The molecular formula is C37H26N2O. The molecule has 1 aliphatic rings. The average molecular weight is 515 g/mol. The minimum atomic E-state index is 0.766. The third kappa shape index (κ3) is 3.59. The van der Waals surface area contributed by atoms with Crippen molar-refractivity contribution in [1.29, 1.82) is 0 Å². The predicted octanol–water partition coefficient (Wildman–Crippen LogP) is 10.3. The molecule has 3 heteroatoms. The summed E-state index contributed by atoms with van der Waals surface area (Å²) in [6, 6.07) is 45.4. The molecule has 2 heterocycles. The summed E-state index contributed by atoms with van der Waals surface area (Å²) in [5, 5.41) is 9.39. The number of nitrogens with one attached hydrogen (secondary N) is 1. The van der Waals surface area contributed by atoms with E-state index in [9.17, 15) is 0 Å². The van der Waals surface area contributed by atoms with Crippen LogP contribution in [0.3, 0.4) is 0 Å². The SMILES string of the molecule is C1=Cc2c(oc3c(N(c4ccc(-c5ccccc5)cc4)c4cc5ccccc5c5ccccc45)cccc23)NC1. The van der Waals surface area contributed by atoms with Crippen molar-refractivity contribution in [2.45, 2.75) is 0 Å². The number of benzene rings is 6. The first-order chi connectivity index (χ1) is 19.8. The fraction of sp³-hybridized carbons (Fsp3) is 0.0270. The third-order valence-corrected chi connectivity index (χ3v) is 7.86. The van der Waals surface area contributed by atoms with Gasteiger partial charge in [-0.15, -0.1) is 0 Å². The number of furan rings is 1. The highest BCUT2D eigenvalue weighted by Gasteiger charge is 2.23. The van der Waals surface area contributed by atoms with E-state index < -0.39 is 0 Å². The fourth-order valence-electron chi connectivity index (χ4n) is 5.99. The highest BCUT2D eigenvalue weighted by Crippen LogP contribution is 2.46. The number of hydrogen-bond acceptors (Lipinski definition) is 3. The molecule has 8 rings (SSSR count). The van der Waals surface area contributed by atoms with Crippen LogP contribution >= 0.6 is 0 Å². The average Bonchev–Trinajstić information content (AvgIpc) is 3.42. The molecule has 0 saturated carbocycles. The van der Waals surface area contributed by atoms with Gasteiger partial charge in [-0.05, 0) is 51.6 Å². The van der Waals surface area contributed by atoms with Crippen molar-refractivity contribution >= 4 is 61.5 Å². The highest BCUT2D eigenvalue weighted by molar-refractivity contribution is 6.15. The Labute approximate surface area is 232 Å². The van der Waals surface area contributed by atoms with Crippen molar-refractivity contribution in [2.75, 3.05) is 16.8 Å². The molecule has 0 fully saturated rings. The first-order valence-electron chi connectivity index (χ1n) is 13.7. The summed E-state index contributed by atoms with van der Waals surface area (Å²) in [5.41, 5.74) is 7.57. The molecule has 190 valence electrons. The van der Waals surface area contributed by atoms with Gasteiger partial charge in [0, 0.05) is 28.6 Å². The van der Waals surface area contributed by atoms with Gasteiger partial charge < -0.3 is 14.6 Å². The molecule has 3 nitrogen and oxygen atoms in total. The smallest absolute Gasteiger partial charge is 0.201 e. The van der Waals surface area contributed by atoms with Crippen LogP contribution in [0.1, 0.15) is 5.56 Å². The van der Waals surface area contributed by atoms with E-state index in [1.807, 2.05) is 0 Å². The number of hydrogen-bond donors (Lipinski definition) is 1. The summed E-state index contributed by atoms with van der Waals surface area (Å²) < 4.78 is 6.53. The van der Waals surface area contributed by atoms with Crippen LogP contribution in [0.4, 0.5) is 22.9 Å². The number of rotatable bonds is 4. The van der Waals surface area contributed by atoms with Crippen LogP contribution in [0.2, 0.25) is 0 Å². The van der Waals surface area contributed by atoms with Crippen LogP contribution in [0.5, 0.6) is 0 Å². The summed E-state index contributed by atoms with van der Waals surface area (Å²) >= 11 is 0. The first-order valence-corrected chi connectivity index (χ1v) is 13.7. The zero-order valence-corrected chi connectivity index (χ0v) is 21.8. The molecule has 0 aliphatic carbocycles. The molecular weight excluding hydrogens is 488 g/mol. The zero-order valence-electron chi connectivity index (χ0n) is 21.8. The van der Waals surface area contributed by atoms with Gasteiger partial charge in [0.1, 0.15) is 0 Å². The Morgan fingerprint density at radius 3 is 2.12 bits per heavy atom. The third-order valence-electron chi connectivity index (χ3n) is 7.86. The Balaban J connectivity index is 1.41. The molecule has 0 spiro atoms. The van der Waals surface area contributed by atoms with Gasteiger partial charge >= 0.3 is 0 Å². The van der Waals surface area contributed by atoms with E-state index in [2.05, 4.69) is 150 Å². The number of nitrogens with zero attached hydrogens (tertiary/aromatic N) is 1. The van der Waals surface area contributed by atoms with E-state index in [-0.39, 0.29) is 0 Å². The van der Waals surface area contributed by atoms with Crippen molar-refractivity contribution in [2.24, 2.45) is 0 Å². The minimum Gasteiger partial charge on any atom is -0.438 e. The molecule has 40 heavy (non-hydrogen) atoms. The van der Waals surface area contributed by atoms with E-state index in [0.717, 1.165) is 46.0 Å². The van der Waals surface area contributed by atoms with Crippen LogP contribution in [-0.2, 0) is 0 Å². The van der Waals surface area contributed by atoms with Crippen LogP contribution in [-0.4, -0.2) is 6.54 Å². The van der Waals surface area contributed by atoms with Crippen molar-refractivity contribution in [1.82, 2.24) is 0 Å². The molecule has 1 N–H and O–H groups in total. The Kier molecular flexibility index (Phi) is 5.20. The topological polar surface area (TPSA) is 28.4 Å². The Bertz CT molecular complexity index is 2050. The maximum absolute atomic E-state index is 6.53. The number of anilines is 4. The van der Waals surface area contributed by atoms with Gasteiger partial charge in [0.25, 0.3) is 0 Å². The molecule has 1 aliphatic heterocycles. The summed E-state index contributed by atoms with van der Waals surface area (Å²) in [6.07, 6.45) is 4.30. The molecule has 0 saturated heterocycles. The standard InChI is InChI=1S/C37H26N2O/c1-2-10-25(11-3-1)26-19-21-28(22-20-26)39(34-18-8-16-32-33-17-9-23-38-37(33)40-36(32)34)35-24-27-12-4-5-13-29(27)30-14-6-7-15-31(30)35/h1-22,24,38H,23H2. The molecule has 0 unspecified atom stereocenters. The second kappa shape index (κ2) is 9.18. The van der Waals surface area contributed by atoms with Gasteiger partial charge in [0.15, 0.2) is 5.58 Å². The van der Waals surface area contributed by atoms with Gasteiger partial charge in [-0.25, -0.2) is 0 Å². The lowest BCUT2D eigenvalue weighted by molar-refractivity contribution is 0.628. The van der Waals surface area contributed by atoms with Crippen molar-refractivity contribution in [3.8, 4) is 11.1 Å². The van der Waals surface area contributed by atoms with Crippen LogP contribution < -0.4 is 10.2 Å². The van der Waals surface area contributed by atoms with Gasteiger partial charge in [-0.2, -0.15) is 0 Å². The predicted molar refractivity (Wildman–Crippen MR) is 169 cm³/mol. The van der Waals surface area contributed by atoms with Crippen molar-refractivity contribution < 1.29 is 4.42 Å². The quantitative estimate of drug-likeness (QED) is 0.237. The molecule has 1 aromatic heterocycles. The molecule has 7 aromatic rings. The number of para-hydroxylation sites is 1. The molecule has 0 atom stereocenters. The van der Waals surface area contributed by atoms with Crippen LogP contribution in [0, 0.1) is 0 Å². The Hall–Kier alpha value is -5.28. The second-order valence-corrected chi connectivity index (χ2v) is 10.2. The number of fused-ring (bicyclic) bond motifs is 6. The summed E-state index contributed by atoms with van der Waals surface area (Å²) in [5.74, 6) is 0.827. The fourth-order valence-corrected chi connectivity index (χ4v) is 5.99. The van der Waals surface area contributed by atoms with Crippen LogP contribution in [0.25, 0.3) is 49.7 Å². The summed E-state index contributed by atoms with van der Waals surface area (Å²) in [7, 11) is 0. The molecule has 0 radical (unpaired) electrons. The second-order valence-electron chi connectivity index (χ2n) is 10.2. The Morgan fingerprint density at radius 1 is 0.575 bits per heavy atom. The highest BCUT2D eigenvalue weighted by atomic mass is 16.4. The summed E-state index contributed by atoms with van der Waals surface area (Å²) in [6.45, 7) is 0.766. The van der Waals surface area contributed by atoms with Crippen molar-refractivity contribution in [3.63, 3.8) is 0 Å². The molecule has 0 bridgehead atoms. The maximum atomic E-state index is 6.53. The normalized spacial score (nSPS) is 12.5.